The standard InChI is InChI=1S/C16H23N3O2S/c1-12-16(14-6-4-5-7-15(14)17-12)13-8-10-19(11-9-13)22(20,21)18(2)3/h4-7,13,17H,8-11H2,1-3H3. The van der Waals surface area contributed by atoms with Crippen LogP contribution in [0.25, 0.3) is 10.9 Å². The zero-order valence-electron chi connectivity index (χ0n) is 13.3. The summed E-state index contributed by atoms with van der Waals surface area (Å²) in [6.45, 7) is 3.28. The van der Waals surface area contributed by atoms with Crippen molar-refractivity contribution in [2.75, 3.05) is 27.2 Å². The fourth-order valence-corrected chi connectivity index (χ4v) is 4.56. The summed E-state index contributed by atoms with van der Waals surface area (Å²) in [5.41, 5.74) is 3.73. The number of hydrogen-bond acceptors (Lipinski definition) is 2. The van der Waals surface area contributed by atoms with Gasteiger partial charge in [-0.3, -0.25) is 0 Å². The van der Waals surface area contributed by atoms with Crippen LogP contribution >= 0.6 is 0 Å². The van der Waals surface area contributed by atoms with Gasteiger partial charge in [0.2, 0.25) is 0 Å². The summed E-state index contributed by atoms with van der Waals surface area (Å²) in [4.78, 5) is 3.44. The summed E-state index contributed by atoms with van der Waals surface area (Å²) < 4.78 is 27.3. The fraction of sp³-hybridized carbons (Fsp3) is 0.500. The van der Waals surface area contributed by atoms with E-state index in [1.165, 1.54) is 26.5 Å². The molecule has 1 aliphatic heterocycles. The molecule has 1 aromatic carbocycles. The normalized spacial score (nSPS) is 18.4. The smallest absolute Gasteiger partial charge is 0.281 e. The summed E-state index contributed by atoms with van der Waals surface area (Å²) in [5, 5.41) is 1.27. The van der Waals surface area contributed by atoms with E-state index in [1.54, 1.807) is 18.4 Å². The minimum absolute atomic E-state index is 0.421. The highest BCUT2D eigenvalue weighted by Gasteiger charge is 2.31. The number of rotatable bonds is 3. The maximum atomic E-state index is 12.2. The van der Waals surface area contributed by atoms with Gasteiger partial charge in [0.25, 0.3) is 10.2 Å². The molecule has 6 heteroatoms. The van der Waals surface area contributed by atoms with E-state index >= 15 is 0 Å². The average Bonchev–Trinajstić information content (AvgIpc) is 2.83. The number of nitrogens with one attached hydrogen (secondary N) is 1. The molecule has 2 heterocycles. The van der Waals surface area contributed by atoms with E-state index in [0.29, 0.717) is 19.0 Å². The summed E-state index contributed by atoms with van der Waals surface area (Å²) in [6, 6.07) is 8.34. The van der Waals surface area contributed by atoms with Gasteiger partial charge >= 0.3 is 0 Å². The number of piperidine rings is 1. The Hall–Kier alpha value is -1.37. The Morgan fingerprint density at radius 2 is 1.82 bits per heavy atom. The molecule has 1 saturated heterocycles. The van der Waals surface area contributed by atoms with Crippen molar-refractivity contribution in [2.24, 2.45) is 0 Å². The van der Waals surface area contributed by atoms with Crippen LogP contribution in [0.3, 0.4) is 0 Å². The number of aryl methyl sites for hydroxylation is 1. The molecule has 0 spiro atoms. The summed E-state index contributed by atoms with van der Waals surface area (Å²) in [5.74, 6) is 0.421. The van der Waals surface area contributed by atoms with Gasteiger partial charge in [-0.2, -0.15) is 17.0 Å². The summed E-state index contributed by atoms with van der Waals surface area (Å²) in [7, 11) is -0.109. The Morgan fingerprint density at radius 1 is 1.18 bits per heavy atom. The van der Waals surface area contributed by atoms with Crippen molar-refractivity contribution in [2.45, 2.75) is 25.7 Å². The number of hydrogen-bond donors (Lipinski definition) is 1. The molecule has 5 nitrogen and oxygen atoms in total. The maximum Gasteiger partial charge on any atom is 0.281 e. The number of nitrogens with zero attached hydrogens (tertiary/aromatic N) is 2. The van der Waals surface area contributed by atoms with Crippen molar-refractivity contribution in [1.82, 2.24) is 13.6 Å². The molecule has 2 aromatic rings. The minimum atomic E-state index is -3.29. The summed E-state index contributed by atoms with van der Waals surface area (Å²) in [6.07, 6.45) is 1.74. The molecule has 3 rings (SSSR count). The van der Waals surface area contributed by atoms with Gasteiger partial charge in [0.05, 0.1) is 0 Å². The summed E-state index contributed by atoms with van der Waals surface area (Å²) >= 11 is 0. The molecule has 1 fully saturated rings. The van der Waals surface area contributed by atoms with Crippen molar-refractivity contribution in [3.05, 3.63) is 35.5 Å². The lowest BCUT2D eigenvalue weighted by molar-refractivity contribution is 0.302. The molecule has 22 heavy (non-hydrogen) atoms. The van der Waals surface area contributed by atoms with Crippen molar-refractivity contribution in [1.29, 1.82) is 0 Å². The molecule has 0 bridgehead atoms. The molecule has 1 N–H and O–H groups in total. The van der Waals surface area contributed by atoms with Crippen LogP contribution in [0, 0.1) is 6.92 Å². The Morgan fingerprint density at radius 3 is 2.45 bits per heavy atom. The van der Waals surface area contributed by atoms with Gasteiger partial charge in [0.15, 0.2) is 0 Å². The second-order valence-corrected chi connectivity index (χ2v) is 8.32. The number of benzene rings is 1. The minimum Gasteiger partial charge on any atom is -0.358 e. The fourth-order valence-electron chi connectivity index (χ4n) is 3.43. The van der Waals surface area contributed by atoms with E-state index in [4.69, 9.17) is 0 Å². The molecule has 0 unspecified atom stereocenters. The molecular weight excluding hydrogens is 298 g/mol. The quantitative estimate of drug-likeness (QED) is 0.944. The molecule has 0 saturated carbocycles. The number of H-pyrrole nitrogens is 1. The first kappa shape index (κ1) is 15.5. The van der Waals surface area contributed by atoms with E-state index in [-0.39, 0.29) is 0 Å². The number of fused-ring (bicyclic) bond motifs is 1. The zero-order valence-corrected chi connectivity index (χ0v) is 14.2. The molecule has 0 atom stereocenters. The van der Waals surface area contributed by atoms with Crippen LogP contribution < -0.4 is 0 Å². The van der Waals surface area contributed by atoms with Crippen molar-refractivity contribution in [3.8, 4) is 0 Å². The highest BCUT2D eigenvalue weighted by Crippen LogP contribution is 2.36. The highest BCUT2D eigenvalue weighted by molar-refractivity contribution is 7.86. The predicted molar refractivity (Wildman–Crippen MR) is 89.2 cm³/mol. The van der Waals surface area contributed by atoms with Gasteiger partial charge < -0.3 is 4.98 Å². The van der Waals surface area contributed by atoms with E-state index in [9.17, 15) is 8.42 Å². The van der Waals surface area contributed by atoms with Crippen LogP contribution in [0.15, 0.2) is 24.3 Å². The largest absolute Gasteiger partial charge is 0.358 e. The van der Waals surface area contributed by atoms with Gasteiger partial charge in [-0.25, -0.2) is 0 Å². The third kappa shape index (κ3) is 2.55. The van der Waals surface area contributed by atoms with Crippen LogP contribution in [0.5, 0.6) is 0 Å². The van der Waals surface area contributed by atoms with Gasteiger partial charge in [0.1, 0.15) is 0 Å². The second kappa shape index (κ2) is 5.68. The number of para-hydroxylation sites is 1. The van der Waals surface area contributed by atoms with Crippen LogP contribution in [-0.2, 0) is 10.2 Å². The molecule has 1 aliphatic rings. The van der Waals surface area contributed by atoms with Crippen LogP contribution in [0.4, 0.5) is 0 Å². The Labute approximate surface area is 132 Å². The average molecular weight is 321 g/mol. The van der Waals surface area contributed by atoms with Crippen molar-refractivity contribution in [3.63, 3.8) is 0 Å². The lowest BCUT2D eigenvalue weighted by Crippen LogP contribution is -2.44. The molecule has 0 aliphatic carbocycles. The Bertz CT molecular complexity index is 772. The van der Waals surface area contributed by atoms with Crippen molar-refractivity contribution >= 4 is 21.1 Å². The van der Waals surface area contributed by atoms with Gasteiger partial charge in [-0.15, -0.1) is 0 Å². The predicted octanol–water partition coefficient (Wildman–Crippen LogP) is 2.46. The maximum absolute atomic E-state index is 12.2. The first-order valence-electron chi connectivity index (χ1n) is 7.66. The Balaban J connectivity index is 1.83. The molecule has 0 amide bonds. The Kier molecular flexibility index (Phi) is 4.01. The van der Waals surface area contributed by atoms with Gasteiger partial charge in [0, 0.05) is 43.8 Å². The third-order valence-electron chi connectivity index (χ3n) is 4.59. The molecular formula is C16H23N3O2S. The van der Waals surface area contributed by atoms with Crippen LogP contribution in [0.1, 0.15) is 30.0 Å². The first-order chi connectivity index (χ1) is 10.4. The van der Waals surface area contributed by atoms with Gasteiger partial charge in [-0.05, 0) is 37.3 Å². The topological polar surface area (TPSA) is 56.4 Å². The zero-order chi connectivity index (χ0) is 15.9. The lowest BCUT2D eigenvalue weighted by Gasteiger charge is -2.33. The molecule has 0 radical (unpaired) electrons. The monoisotopic (exact) mass is 321 g/mol. The van der Waals surface area contributed by atoms with E-state index in [1.807, 2.05) is 6.07 Å². The molecule has 120 valence electrons. The second-order valence-electron chi connectivity index (χ2n) is 6.17. The molecule has 1 aromatic heterocycles. The van der Waals surface area contributed by atoms with E-state index < -0.39 is 10.2 Å². The van der Waals surface area contributed by atoms with Crippen LogP contribution in [0.2, 0.25) is 0 Å². The van der Waals surface area contributed by atoms with Gasteiger partial charge in [-0.1, -0.05) is 18.2 Å². The van der Waals surface area contributed by atoms with Crippen molar-refractivity contribution < 1.29 is 8.42 Å². The number of aromatic nitrogens is 1. The van der Waals surface area contributed by atoms with E-state index in [0.717, 1.165) is 12.8 Å². The SMILES string of the molecule is Cc1[nH]c2ccccc2c1C1CCN(S(=O)(=O)N(C)C)CC1. The van der Waals surface area contributed by atoms with E-state index in [2.05, 4.69) is 30.1 Å². The highest BCUT2D eigenvalue weighted by atomic mass is 32.2. The lowest BCUT2D eigenvalue weighted by atomic mass is 9.88. The first-order valence-corrected chi connectivity index (χ1v) is 9.05. The van der Waals surface area contributed by atoms with Crippen LogP contribution in [-0.4, -0.2) is 49.2 Å². The number of aromatic amines is 1. The third-order valence-corrected chi connectivity index (χ3v) is 6.53.